The van der Waals surface area contributed by atoms with Crippen molar-refractivity contribution in [2.75, 3.05) is 14.2 Å². The maximum absolute atomic E-state index is 12.4. The van der Waals surface area contributed by atoms with E-state index in [0.717, 1.165) is 33.8 Å². The quantitative estimate of drug-likeness (QED) is 0.754. The fraction of sp³-hybridized carbons (Fsp3) is 0.500. The number of hydrogen-bond acceptors (Lipinski definition) is 3. The van der Waals surface area contributed by atoms with Gasteiger partial charge in [0.1, 0.15) is 0 Å². The topological polar surface area (TPSA) is 35.5 Å². The zero-order chi connectivity index (χ0) is 18.6. The van der Waals surface area contributed by atoms with Crippen LogP contribution in [0.25, 0.3) is 11.6 Å². The molecule has 0 N–H and O–H groups in total. The fourth-order valence-electron chi connectivity index (χ4n) is 4.17. The van der Waals surface area contributed by atoms with E-state index in [4.69, 9.17) is 9.47 Å². The maximum Gasteiger partial charge on any atom is 0.169 e. The summed E-state index contributed by atoms with van der Waals surface area (Å²) in [6, 6.07) is 2.17. The van der Waals surface area contributed by atoms with Gasteiger partial charge in [0.15, 0.2) is 17.3 Å². The lowest BCUT2D eigenvalue weighted by molar-refractivity contribution is -0.118. The lowest BCUT2D eigenvalue weighted by atomic mass is 9.54. The molecule has 2 aliphatic rings. The van der Waals surface area contributed by atoms with Crippen LogP contribution in [0.15, 0.2) is 18.2 Å². The SMILES string of the molecule is COc1c(C(C)C)cc2c(c1OC)C1=CC(=O)CC(C)(C)[C@@]1(C)C=C2. The molecule has 25 heavy (non-hydrogen) atoms. The molecule has 1 aromatic carbocycles. The highest BCUT2D eigenvalue weighted by molar-refractivity contribution is 6.04. The van der Waals surface area contributed by atoms with Gasteiger partial charge in [-0.05, 0) is 34.6 Å². The number of ether oxygens (including phenoxy) is 2. The molecule has 0 spiro atoms. The third-order valence-electron chi connectivity index (χ3n) is 6.08. The highest BCUT2D eigenvalue weighted by Gasteiger charge is 2.49. The van der Waals surface area contributed by atoms with E-state index < -0.39 is 0 Å². The van der Waals surface area contributed by atoms with E-state index in [2.05, 4.69) is 52.8 Å². The lowest BCUT2D eigenvalue weighted by Gasteiger charge is -2.48. The summed E-state index contributed by atoms with van der Waals surface area (Å²) in [5.74, 6) is 1.99. The van der Waals surface area contributed by atoms with Gasteiger partial charge >= 0.3 is 0 Å². The predicted octanol–water partition coefficient (Wildman–Crippen LogP) is 5.24. The average molecular weight is 340 g/mol. The molecule has 0 aromatic heterocycles. The first-order valence-corrected chi connectivity index (χ1v) is 8.89. The normalized spacial score (nSPS) is 23.8. The van der Waals surface area contributed by atoms with Crippen molar-refractivity contribution in [3.63, 3.8) is 0 Å². The summed E-state index contributed by atoms with van der Waals surface area (Å²) in [4.78, 5) is 12.4. The zero-order valence-corrected chi connectivity index (χ0v) is 16.3. The van der Waals surface area contributed by atoms with Gasteiger partial charge in [-0.2, -0.15) is 0 Å². The van der Waals surface area contributed by atoms with E-state index in [0.29, 0.717) is 12.3 Å². The molecule has 0 saturated heterocycles. The number of ketones is 1. The number of hydrogen-bond donors (Lipinski definition) is 0. The van der Waals surface area contributed by atoms with Crippen LogP contribution in [0.5, 0.6) is 11.5 Å². The number of benzene rings is 1. The van der Waals surface area contributed by atoms with E-state index in [9.17, 15) is 4.79 Å². The number of rotatable bonds is 3. The first-order chi connectivity index (χ1) is 11.7. The third-order valence-corrected chi connectivity index (χ3v) is 6.08. The molecular formula is C22H28O3. The molecule has 0 fully saturated rings. The number of allylic oxidation sites excluding steroid dienone is 3. The molecular weight excluding hydrogens is 312 g/mol. The van der Waals surface area contributed by atoms with Crippen LogP contribution in [0.4, 0.5) is 0 Å². The molecule has 0 heterocycles. The number of fused-ring (bicyclic) bond motifs is 3. The first kappa shape index (κ1) is 17.8. The van der Waals surface area contributed by atoms with Crippen molar-refractivity contribution in [3.05, 3.63) is 34.9 Å². The largest absolute Gasteiger partial charge is 0.493 e. The third kappa shape index (κ3) is 2.44. The molecule has 0 radical (unpaired) electrons. The molecule has 1 atom stereocenters. The fourth-order valence-corrected chi connectivity index (χ4v) is 4.17. The lowest BCUT2D eigenvalue weighted by Crippen LogP contribution is -2.41. The van der Waals surface area contributed by atoms with Gasteiger partial charge in [0.25, 0.3) is 0 Å². The van der Waals surface area contributed by atoms with Crippen LogP contribution in [-0.4, -0.2) is 20.0 Å². The summed E-state index contributed by atoms with van der Waals surface area (Å²) < 4.78 is 11.5. The Balaban J connectivity index is 2.38. The van der Waals surface area contributed by atoms with E-state index in [1.807, 2.05) is 6.08 Å². The van der Waals surface area contributed by atoms with Gasteiger partial charge < -0.3 is 9.47 Å². The minimum atomic E-state index is -0.217. The molecule has 0 bridgehead atoms. The molecule has 0 amide bonds. The minimum Gasteiger partial charge on any atom is -0.493 e. The minimum absolute atomic E-state index is 0.155. The highest BCUT2D eigenvalue weighted by atomic mass is 16.5. The summed E-state index contributed by atoms with van der Waals surface area (Å²) in [6.45, 7) is 10.8. The summed E-state index contributed by atoms with van der Waals surface area (Å²) in [5, 5.41) is 0. The molecule has 3 nitrogen and oxygen atoms in total. The van der Waals surface area contributed by atoms with Crippen LogP contribution in [-0.2, 0) is 4.79 Å². The smallest absolute Gasteiger partial charge is 0.169 e. The van der Waals surface area contributed by atoms with Crippen molar-refractivity contribution in [1.82, 2.24) is 0 Å². The molecule has 3 rings (SSSR count). The zero-order valence-electron chi connectivity index (χ0n) is 16.3. The molecule has 3 heteroatoms. The summed E-state index contributed by atoms with van der Waals surface area (Å²) in [6.07, 6.45) is 6.79. The Bertz CT molecular complexity index is 796. The first-order valence-electron chi connectivity index (χ1n) is 8.89. The number of carbonyl (C=O) groups is 1. The van der Waals surface area contributed by atoms with Crippen LogP contribution >= 0.6 is 0 Å². The molecule has 0 aliphatic heterocycles. The van der Waals surface area contributed by atoms with Crippen LogP contribution < -0.4 is 9.47 Å². The summed E-state index contributed by atoms with van der Waals surface area (Å²) in [5.41, 5.74) is 3.87. The summed E-state index contributed by atoms with van der Waals surface area (Å²) >= 11 is 0. The van der Waals surface area contributed by atoms with Gasteiger partial charge in [0.05, 0.1) is 14.2 Å². The molecule has 0 saturated carbocycles. The average Bonchev–Trinajstić information content (AvgIpc) is 2.53. The number of methoxy groups -OCH3 is 2. The van der Waals surface area contributed by atoms with Gasteiger partial charge in [-0.1, -0.05) is 46.8 Å². The van der Waals surface area contributed by atoms with Crippen LogP contribution in [0.3, 0.4) is 0 Å². The van der Waals surface area contributed by atoms with Gasteiger partial charge in [-0.3, -0.25) is 4.79 Å². The second-order valence-corrected chi connectivity index (χ2v) is 8.27. The standard InChI is InChI=1S/C22H28O3/c1-13(2)16-10-14-8-9-22(5)17(11-15(23)12-21(22,3)4)18(14)20(25-7)19(16)24-6/h8-11,13H,12H2,1-7H3/t22-/m0/s1. The van der Waals surface area contributed by atoms with Gasteiger partial charge in [0, 0.05) is 23.0 Å². The molecule has 134 valence electrons. The summed E-state index contributed by atoms with van der Waals surface area (Å²) in [7, 11) is 3.35. The van der Waals surface area contributed by atoms with E-state index in [1.165, 1.54) is 0 Å². The van der Waals surface area contributed by atoms with Crippen LogP contribution in [0.2, 0.25) is 0 Å². The van der Waals surface area contributed by atoms with Crippen LogP contribution in [0, 0.1) is 10.8 Å². The highest BCUT2D eigenvalue weighted by Crippen LogP contribution is 2.60. The van der Waals surface area contributed by atoms with Crippen LogP contribution in [0.1, 0.15) is 63.6 Å². The molecule has 0 unspecified atom stereocenters. The van der Waals surface area contributed by atoms with Crippen molar-refractivity contribution in [2.24, 2.45) is 10.8 Å². The van der Waals surface area contributed by atoms with Gasteiger partial charge in [-0.25, -0.2) is 0 Å². The Labute approximate surface area is 150 Å². The maximum atomic E-state index is 12.4. The Morgan fingerprint density at radius 2 is 1.72 bits per heavy atom. The van der Waals surface area contributed by atoms with Gasteiger partial charge in [-0.15, -0.1) is 0 Å². The monoisotopic (exact) mass is 340 g/mol. The van der Waals surface area contributed by atoms with Crippen molar-refractivity contribution in [1.29, 1.82) is 0 Å². The van der Waals surface area contributed by atoms with Crippen molar-refractivity contribution >= 4 is 17.4 Å². The van der Waals surface area contributed by atoms with E-state index in [1.54, 1.807) is 14.2 Å². The Morgan fingerprint density at radius 3 is 2.28 bits per heavy atom. The van der Waals surface area contributed by atoms with E-state index >= 15 is 0 Å². The van der Waals surface area contributed by atoms with Crippen molar-refractivity contribution < 1.29 is 14.3 Å². The Hall–Kier alpha value is -2.03. The predicted molar refractivity (Wildman–Crippen MR) is 102 cm³/mol. The van der Waals surface area contributed by atoms with Gasteiger partial charge in [0.2, 0.25) is 0 Å². The second kappa shape index (κ2) is 5.76. The Morgan fingerprint density at radius 1 is 1.08 bits per heavy atom. The van der Waals surface area contributed by atoms with Crippen molar-refractivity contribution in [3.8, 4) is 11.5 Å². The second-order valence-electron chi connectivity index (χ2n) is 8.27. The number of carbonyl (C=O) groups excluding carboxylic acids is 1. The molecule has 2 aliphatic carbocycles. The Kier molecular flexibility index (Phi) is 4.09. The van der Waals surface area contributed by atoms with Crippen molar-refractivity contribution in [2.45, 2.75) is 47.0 Å². The van der Waals surface area contributed by atoms with E-state index in [-0.39, 0.29) is 16.6 Å². The molecule has 1 aromatic rings.